The van der Waals surface area contributed by atoms with Gasteiger partial charge in [0.1, 0.15) is 11.4 Å². The van der Waals surface area contributed by atoms with E-state index in [0.29, 0.717) is 13.1 Å². The molecule has 0 saturated heterocycles. The molecule has 0 bridgehead atoms. The minimum absolute atomic E-state index is 0.313. The molecule has 1 rings (SSSR count). The fourth-order valence-electron chi connectivity index (χ4n) is 1.42. The maximum Gasteiger partial charge on any atom is 0.410 e. The number of aryl methyl sites for hydroxylation is 1. The average Bonchev–Trinajstić information content (AvgIpc) is 2.26. The summed E-state index contributed by atoms with van der Waals surface area (Å²) in [5, 5.41) is 3.17. The highest BCUT2D eigenvalue weighted by Crippen LogP contribution is 2.09. The standard InChI is InChI=1S/C14H23N3O2/c1-11-7-6-8-12(16-11)15-9-10-17(5)13(18)19-14(2,3)4/h6-8H,9-10H2,1-5H3,(H,15,16). The molecular weight excluding hydrogens is 242 g/mol. The van der Waals surface area contributed by atoms with Crippen LogP contribution in [-0.4, -0.2) is 41.7 Å². The predicted molar refractivity (Wildman–Crippen MR) is 76.3 cm³/mol. The van der Waals surface area contributed by atoms with Crippen molar-refractivity contribution in [2.24, 2.45) is 0 Å². The molecular formula is C14H23N3O2. The molecule has 106 valence electrons. The molecule has 0 atom stereocenters. The van der Waals surface area contributed by atoms with E-state index in [-0.39, 0.29) is 6.09 Å². The molecule has 5 heteroatoms. The number of carbonyl (C=O) groups is 1. The Bertz CT molecular complexity index is 427. The first-order valence-electron chi connectivity index (χ1n) is 6.39. The van der Waals surface area contributed by atoms with E-state index in [1.54, 1.807) is 11.9 Å². The lowest BCUT2D eigenvalue weighted by Gasteiger charge is -2.24. The lowest BCUT2D eigenvalue weighted by molar-refractivity contribution is 0.0305. The Morgan fingerprint density at radius 1 is 1.42 bits per heavy atom. The van der Waals surface area contributed by atoms with Gasteiger partial charge in [0, 0.05) is 25.8 Å². The Morgan fingerprint density at radius 2 is 2.11 bits per heavy atom. The van der Waals surface area contributed by atoms with Gasteiger partial charge >= 0.3 is 6.09 Å². The zero-order valence-electron chi connectivity index (χ0n) is 12.4. The van der Waals surface area contributed by atoms with Gasteiger partial charge in [-0.3, -0.25) is 0 Å². The van der Waals surface area contributed by atoms with Crippen LogP contribution in [0.1, 0.15) is 26.5 Å². The third-order valence-electron chi connectivity index (χ3n) is 2.35. The van der Waals surface area contributed by atoms with E-state index in [1.165, 1.54) is 0 Å². The van der Waals surface area contributed by atoms with Crippen molar-refractivity contribution in [1.29, 1.82) is 0 Å². The predicted octanol–water partition coefficient (Wildman–Crippen LogP) is 2.67. The SMILES string of the molecule is Cc1cccc(NCCN(C)C(=O)OC(C)(C)C)n1. The molecule has 1 N–H and O–H groups in total. The molecule has 0 unspecified atom stereocenters. The first-order chi connectivity index (χ1) is 8.78. The summed E-state index contributed by atoms with van der Waals surface area (Å²) in [7, 11) is 1.72. The van der Waals surface area contributed by atoms with Crippen molar-refractivity contribution in [2.75, 3.05) is 25.5 Å². The Balaban J connectivity index is 2.34. The third-order valence-corrected chi connectivity index (χ3v) is 2.35. The Labute approximate surface area is 115 Å². The number of ether oxygens (including phenoxy) is 1. The molecule has 19 heavy (non-hydrogen) atoms. The van der Waals surface area contributed by atoms with Crippen LogP contribution in [-0.2, 0) is 4.74 Å². The van der Waals surface area contributed by atoms with E-state index in [4.69, 9.17) is 4.74 Å². The highest BCUT2D eigenvalue weighted by molar-refractivity contribution is 5.67. The van der Waals surface area contributed by atoms with Crippen LogP contribution in [0.2, 0.25) is 0 Å². The van der Waals surface area contributed by atoms with Gasteiger partial charge in [-0.1, -0.05) is 6.07 Å². The number of nitrogens with zero attached hydrogens (tertiary/aromatic N) is 2. The summed E-state index contributed by atoms with van der Waals surface area (Å²) in [6.45, 7) is 8.70. The topological polar surface area (TPSA) is 54.5 Å². The van der Waals surface area contributed by atoms with Gasteiger partial charge in [-0.25, -0.2) is 9.78 Å². The molecule has 1 amide bonds. The van der Waals surface area contributed by atoms with Crippen molar-refractivity contribution in [2.45, 2.75) is 33.3 Å². The fourth-order valence-corrected chi connectivity index (χ4v) is 1.42. The maximum atomic E-state index is 11.7. The van der Waals surface area contributed by atoms with Crippen LogP contribution in [0.3, 0.4) is 0 Å². The lowest BCUT2D eigenvalue weighted by atomic mass is 10.2. The summed E-state index contributed by atoms with van der Waals surface area (Å²) in [6, 6.07) is 5.79. The van der Waals surface area contributed by atoms with Gasteiger partial charge in [0.2, 0.25) is 0 Å². The molecule has 1 aromatic heterocycles. The van der Waals surface area contributed by atoms with Crippen molar-refractivity contribution in [1.82, 2.24) is 9.88 Å². The van der Waals surface area contributed by atoms with Crippen LogP contribution in [0.15, 0.2) is 18.2 Å². The van der Waals surface area contributed by atoms with Crippen molar-refractivity contribution >= 4 is 11.9 Å². The van der Waals surface area contributed by atoms with Gasteiger partial charge in [0.15, 0.2) is 0 Å². The smallest absolute Gasteiger partial charge is 0.410 e. The zero-order chi connectivity index (χ0) is 14.5. The molecule has 0 spiro atoms. The van der Waals surface area contributed by atoms with Crippen LogP contribution >= 0.6 is 0 Å². The van der Waals surface area contributed by atoms with Crippen molar-refractivity contribution < 1.29 is 9.53 Å². The Morgan fingerprint density at radius 3 is 2.68 bits per heavy atom. The minimum Gasteiger partial charge on any atom is -0.444 e. The van der Waals surface area contributed by atoms with Gasteiger partial charge in [-0.2, -0.15) is 0 Å². The van der Waals surface area contributed by atoms with Crippen molar-refractivity contribution in [3.05, 3.63) is 23.9 Å². The van der Waals surface area contributed by atoms with Gasteiger partial charge in [-0.05, 0) is 39.8 Å². The number of pyridine rings is 1. The number of hydrogen-bond donors (Lipinski definition) is 1. The molecule has 1 heterocycles. The molecule has 0 radical (unpaired) electrons. The largest absolute Gasteiger partial charge is 0.444 e. The van der Waals surface area contributed by atoms with E-state index in [9.17, 15) is 4.79 Å². The van der Waals surface area contributed by atoms with Crippen LogP contribution in [0.4, 0.5) is 10.6 Å². The van der Waals surface area contributed by atoms with Crippen LogP contribution in [0.5, 0.6) is 0 Å². The van der Waals surface area contributed by atoms with Gasteiger partial charge in [0.05, 0.1) is 0 Å². The highest BCUT2D eigenvalue weighted by Gasteiger charge is 2.19. The first-order valence-corrected chi connectivity index (χ1v) is 6.39. The third kappa shape index (κ3) is 6.08. The molecule has 5 nitrogen and oxygen atoms in total. The lowest BCUT2D eigenvalue weighted by Crippen LogP contribution is -2.36. The normalized spacial score (nSPS) is 11.0. The number of anilines is 1. The van der Waals surface area contributed by atoms with Gasteiger partial charge in [0.25, 0.3) is 0 Å². The second-order valence-corrected chi connectivity index (χ2v) is 5.49. The maximum absolute atomic E-state index is 11.7. The van der Waals surface area contributed by atoms with Crippen molar-refractivity contribution in [3.63, 3.8) is 0 Å². The number of amides is 1. The van der Waals surface area contributed by atoms with Crippen molar-refractivity contribution in [3.8, 4) is 0 Å². The minimum atomic E-state index is -0.461. The summed E-state index contributed by atoms with van der Waals surface area (Å²) in [5.41, 5.74) is 0.502. The fraction of sp³-hybridized carbons (Fsp3) is 0.571. The summed E-state index contributed by atoms with van der Waals surface area (Å²) in [4.78, 5) is 17.6. The van der Waals surface area contributed by atoms with E-state index in [0.717, 1.165) is 11.5 Å². The summed E-state index contributed by atoms with van der Waals surface area (Å²) in [6.07, 6.45) is -0.313. The second kappa shape index (κ2) is 6.41. The summed E-state index contributed by atoms with van der Waals surface area (Å²) >= 11 is 0. The molecule has 0 saturated carbocycles. The quantitative estimate of drug-likeness (QED) is 0.909. The van der Waals surface area contributed by atoms with Gasteiger partial charge < -0.3 is 15.0 Å². The number of hydrogen-bond acceptors (Lipinski definition) is 4. The Hall–Kier alpha value is -1.78. The Kier molecular flexibility index (Phi) is 5.15. The van der Waals surface area contributed by atoms with Crippen LogP contribution in [0, 0.1) is 6.92 Å². The molecule has 0 aliphatic rings. The molecule has 0 aliphatic heterocycles. The number of rotatable bonds is 4. The molecule has 0 fully saturated rings. The van der Waals surface area contributed by atoms with E-state index in [1.807, 2.05) is 45.9 Å². The number of carbonyl (C=O) groups excluding carboxylic acids is 1. The van der Waals surface area contributed by atoms with E-state index < -0.39 is 5.60 Å². The number of aromatic nitrogens is 1. The molecule has 1 aromatic rings. The monoisotopic (exact) mass is 265 g/mol. The molecule has 0 aromatic carbocycles. The first kappa shape index (κ1) is 15.3. The number of nitrogens with one attached hydrogen (secondary N) is 1. The average molecular weight is 265 g/mol. The molecule has 0 aliphatic carbocycles. The van der Waals surface area contributed by atoms with E-state index in [2.05, 4.69) is 10.3 Å². The van der Waals surface area contributed by atoms with Crippen LogP contribution < -0.4 is 5.32 Å². The van der Waals surface area contributed by atoms with Gasteiger partial charge in [-0.15, -0.1) is 0 Å². The highest BCUT2D eigenvalue weighted by atomic mass is 16.6. The summed E-state index contributed by atoms with van der Waals surface area (Å²) < 4.78 is 5.26. The van der Waals surface area contributed by atoms with E-state index >= 15 is 0 Å². The summed E-state index contributed by atoms with van der Waals surface area (Å²) in [5.74, 6) is 0.817. The second-order valence-electron chi connectivity index (χ2n) is 5.49. The number of likely N-dealkylation sites (N-methyl/N-ethyl adjacent to an activating group) is 1. The van der Waals surface area contributed by atoms with Crippen LogP contribution in [0.25, 0.3) is 0 Å². The zero-order valence-corrected chi connectivity index (χ0v) is 12.4.